The van der Waals surface area contributed by atoms with Crippen LogP contribution in [-0.4, -0.2) is 29.8 Å². The molecule has 2 N–H and O–H groups in total. The van der Waals surface area contributed by atoms with E-state index >= 15 is 0 Å². The summed E-state index contributed by atoms with van der Waals surface area (Å²) in [6, 6.07) is -0.942. The zero-order valence-corrected chi connectivity index (χ0v) is 6.74. The number of rotatable bonds is 4. The molecule has 0 saturated heterocycles. The zero-order valence-electron chi connectivity index (χ0n) is 6.74. The number of hydrogen-bond acceptors (Lipinski definition) is 3. The van der Waals surface area contributed by atoms with E-state index in [2.05, 4.69) is 16.6 Å². The van der Waals surface area contributed by atoms with Crippen LogP contribution in [0.25, 0.3) is 0 Å². The van der Waals surface area contributed by atoms with Crippen LogP contribution in [-0.2, 0) is 9.53 Å². The third kappa shape index (κ3) is 4.32. The Labute approximate surface area is 70.0 Å². The number of alkyl carbamates (subject to hydrolysis) is 1. The highest BCUT2D eigenvalue weighted by Crippen LogP contribution is 1.84. The Bertz CT molecular complexity index is 190. The Hall–Kier alpha value is -1.52. The highest BCUT2D eigenvalue weighted by molar-refractivity contribution is 5.79. The van der Waals surface area contributed by atoms with Crippen molar-refractivity contribution in [3.8, 4) is 0 Å². The number of ether oxygens (including phenoxy) is 1. The van der Waals surface area contributed by atoms with Crippen LogP contribution in [0.3, 0.4) is 0 Å². The topological polar surface area (TPSA) is 75.6 Å². The number of aliphatic carboxylic acids is 1. The number of carboxylic acid groups (broad SMARTS) is 1. The van der Waals surface area contributed by atoms with Gasteiger partial charge in [0.15, 0.2) is 0 Å². The van der Waals surface area contributed by atoms with Crippen LogP contribution in [0.1, 0.15) is 6.92 Å². The molecule has 0 aromatic carbocycles. The molecule has 0 aliphatic carbocycles. The Morgan fingerprint density at radius 3 is 2.75 bits per heavy atom. The van der Waals surface area contributed by atoms with Gasteiger partial charge in [0, 0.05) is 0 Å². The first-order chi connectivity index (χ1) is 5.57. The van der Waals surface area contributed by atoms with Gasteiger partial charge in [0.05, 0.1) is 0 Å². The first kappa shape index (κ1) is 10.5. The van der Waals surface area contributed by atoms with E-state index in [1.165, 1.54) is 13.0 Å². The smallest absolute Gasteiger partial charge is 0.408 e. The van der Waals surface area contributed by atoms with Gasteiger partial charge in [-0.15, -0.1) is 0 Å². The normalized spacial score (nSPS) is 11.4. The van der Waals surface area contributed by atoms with Crippen molar-refractivity contribution >= 4 is 12.1 Å². The molecule has 0 fully saturated rings. The van der Waals surface area contributed by atoms with E-state index in [-0.39, 0.29) is 6.61 Å². The monoisotopic (exact) mass is 173 g/mol. The largest absolute Gasteiger partial charge is 0.480 e. The summed E-state index contributed by atoms with van der Waals surface area (Å²) in [6.45, 7) is 4.74. The van der Waals surface area contributed by atoms with E-state index in [0.29, 0.717) is 0 Å². The van der Waals surface area contributed by atoms with E-state index in [1.807, 2.05) is 0 Å². The third-order valence-corrected chi connectivity index (χ3v) is 1.04. The predicted octanol–water partition coefficient (Wildman–Crippen LogP) is 0.372. The SMILES string of the molecule is C=CCOC(=O)N[C@H](C)C(=O)O. The Morgan fingerprint density at radius 1 is 1.75 bits per heavy atom. The molecule has 0 rings (SSSR count). The molecule has 1 atom stereocenters. The quantitative estimate of drug-likeness (QED) is 0.602. The average Bonchev–Trinajstić information content (AvgIpc) is 2.00. The summed E-state index contributed by atoms with van der Waals surface area (Å²) in [5, 5.41) is 10.5. The lowest BCUT2D eigenvalue weighted by Crippen LogP contribution is -2.38. The van der Waals surface area contributed by atoms with Gasteiger partial charge in [-0.25, -0.2) is 4.79 Å². The van der Waals surface area contributed by atoms with Gasteiger partial charge in [-0.05, 0) is 6.92 Å². The summed E-state index contributed by atoms with van der Waals surface area (Å²) in [5.41, 5.74) is 0. The minimum atomic E-state index is -1.11. The van der Waals surface area contributed by atoms with Crippen LogP contribution in [0, 0.1) is 0 Å². The maximum atomic E-state index is 10.7. The van der Waals surface area contributed by atoms with Crippen molar-refractivity contribution in [1.82, 2.24) is 5.32 Å². The molecule has 0 radical (unpaired) electrons. The fourth-order valence-corrected chi connectivity index (χ4v) is 0.415. The number of carbonyl (C=O) groups is 2. The van der Waals surface area contributed by atoms with Crippen molar-refractivity contribution in [2.24, 2.45) is 0 Å². The highest BCUT2D eigenvalue weighted by Gasteiger charge is 2.13. The molecule has 0 aromatic rings. The molecule has 0 bridgehead atoms. The van der Waals surface area contributed by atoms with Gasteiger partial charge < -0.3 is 15.2 Å². The first-order valence-electron chi connectivity index (χ1n) is 3.35. The second kappa shape index (κ2) is 5.17. The van der Waals surface area contributed by atoms with Crippen LogP contribution < -0.4 is 5.32 Å². The van der Waals surface area contributed by atoms with Gasteiger partial charge in [0.2, 0.25) is 0 Å². The molecule has 0 saturated carbocycles. The second-order valence-corrected chi connectivity index (χ2v) is 2.09. The van der Waals surface area contributed by atoms with Gasteiger partial charge >= 0.3 is 12.1 Å². The lowest BCUT2D eigenvalue weighted by molar-refractivity contribution is -0.138. The number of nitrogens with one attached hydrogen (secondary N) is 1. The maximum Gasteiger partial charge on any atom is 0.408 e. The molecule has 1 amide bonds. The molecule has 0 aliphatic heterocycles. The van der Waals surface area contributed by atoms with E-state index in [1.54, 1.807) is 0 Å². The molecule has 0 heterocycles. The van der Waals surface area contributed by atoms with Crippen LogP contribution in [0.15, 0.2) is 12.7 Å². The van der Waals surface area contributed by atoms with Crippen molar-refractivity contribution in [3.05, 3.63) is 12.7 Å². The summed E-state index contributed by atoms with van der Waals surface area (Å²) < 4.78 is 4.48. The summed E-state index contributed by atoms with van der Waals surface area (Å²) in [7, 11) is 0. The average molecular weight is 173 g/mol. The molecule has 5 nitrogen and oxygen atoms in total. The Balaban J connectivity index is 3.68. The van der Waals surface area contributed by atoms with Gasteiger partial charge in [-0.2, -0.15) is 0 Å². The lowest BCUT2D eigenvalue weighted by atomic mass is 10.4. The van der Waals surface area contributed by atoms with E-state index < -0.39 is 18.1 Å². The van der Waals surface area contributed by atoms with Crippen LogP contribution in [0.5, 0.6) is 0 Å². The third-order valence-electron chi connectivity index (χ3n) is 1.04. The molecule has 5 heteroatoms. The van der Waals surface area contributed by atoms with Crippen molar-refractivity contribution in [2.75, 3.05) is 6.61 Å². The van der Waals surface area contributed by atoms with E-state index in [4.69, 9.17) is 5.11 Å². The van der Waals surface area contributed by atoms with Crippen LogP contribution >= 0.6 is 0 Å². The molecule has 0 unspecified atom stereocenters. The predicted molar refractivity (Wildman–Crippen MR) is 41.8 cm³/mol. The van der Waals surface area contributed by atoms with Gasteiger partial charge in [0.1, 0.15) is 12.6 Å². The number of hydrogen-bond donors (Lipinski definition) is 2. The fraction of sp³-hybridized carbons (Fsp3) is 0.429. The number of amides is 1. The van der Waals surface area contributed by atoms with Gasteiger partial charge in [-0.1, -0.05) is 12.7 Å². The summed E-state index contributed by atoms with van der Waals surface area (Å²) in [4.78, 5) is 20.9. The summed E-state index contributed by atoms with van der Waals surface area (Å²) >= 11 is 0. The van der Waals surface area contributed by atoms with E-state index in [0.717, 1.165) is 0 Å². The number of carboxylic acids is 1. The van der Waals surface area contributed by atoms with Crippen LogP contribution in [0.2, 0.25) is 0 Å². The first-order valence-corrected chi connectivity index (χ1v) is 3.35. The molecule has 0 aromatic heterocycles. The van der Waals surface area contributed by atoms with Gasteiger partial charge in [-0.3, -0.25) is 4.79 Å². The number of carbonyl (C=O) groups excluding carboxylic acids is 1. The van der Waals surface area contributed by atoms with E-state index in [9.17, 15) is 9.59 Å². The summed E-state index contributed by atoms with van der Waals surface area (Å²) in [5.74, 6) is -1.11. The Morgan fingerprint density at radius 2 is 2.33 bits per heavy atom. The van der Waals surface area contributed by atoms with Crippen molar-refractivity contribution in [3.63, 3.8) is 0 Å². The minimum Gasteiger partial charge on any atom is -0.480 e. The molecule has 0 aliphatic rings. The molecule has 68 valence electrons. The molecular weight excluding hydrogens is 162 g/mol. The minimum absolute atomic E-state index is 0.0676. The second-order valence-electron chi connectivity index (χ2n) is 2.09. The van der Waals surface area contributed by atoms with Crippen molar-refractivity contribution < 1.29 is 19.4 Å². The fourth-order valence-electron chi connectivity index (χ4n) is 0.415. The molecular formula is C7H11NO4. The summed E-state index contributed by atoms with van der Waals surface area (Å²) in [6.07, 6.45) is 0.634. The Kier molecular flexibility index (Phi) is 4.52. The maximum absolute atomic E-state index is 10.7. The van der Waals surface area contributed by atoms with Crippen molar-refractivity contribution in [1.29, 1.82) is 0 Å². The molecule has 12 heavy (non-hydrogen) atoms. The zero-order chi connectivity index (χ0) is 9.56. The molecule has 0 spiro atoms. The highest BCUT2D eigenvalue weighted by atomic mass is 16.5. The van der Waals surface area contributed by atoms with Gasteiger partial charge in [0.25, 0.3) is 0 Å². The van der Waals surface area contributed by atoms with Crippen LogP contribution in [0.4, 0.5) is 4.79 Å². The van der Waals surface area contributed by atoms with Crippen molar-refractivity contribution in [2.45, 2.75) is 13.0 Å². The standard InChI is InChI=1S/C7H11NO4/c1-3-4-12-7(11)8-5(2)6(9)10/h3,5H,1,4H2,2H3,(H,8,11)(H,9,10)/t5-/m1/s1. The lowest BCUT2D eigenvalue weighted by Gasteiger charge is -2.08.